The van der Waals surface area contributed by atoms with E-state index in [2.05, 4.69) is 43.1 Å². The average Bonchev–Trinajstić information content (AvgIpc) is 3.01. The topological polar surface area (TPSA) is 41.6 Å². The van der Waals surface area contributed by atoms with Gasteiger partial charge in [0.2, 0.25) is 0 Å². The number of nitrogens with zero attached hydrogens (tertiary/aromatic N) is 1. The molecule has 2 aromatic carbocycles. The zero-order valence-corrected chi connectivity index (χ0v) is 19.9. The van der Waals surface area contributed by atoms with Crippen LogP contribution in [-0.2, 0) is 0 Å². The maximum absolute atomic E-state index is 12.8. The predicted octanol–water partition coefficient (Wildman–Crippen LogP) is 5.76. The van der Waals surface area contributed by atoms with Crippen molar-refractivity contribution in [3.63, 3.8) is 0 Å². The number of methoxy groups -OCH3 is 1. The van der Waals surface area contributed by atoms with Crippen LogP contribution in [0.2, 0.25) is 5.02 Å². The molecule has 31 heavy (non-hydrogen) atoms. The van der Waals surface area contributed by atoms with E-state index in [1.54, 1.807) is 13.2 Å². The number of amides is 1. The van der Waals surface area contributed by atoms with Gasteiger partial charge in [-0.25, -0.2) is 0 Å². The number of halogens is 1. The molecule has 4 rings (SSSR count). The van der Waals surface area contributed by atoms with E-state index in [1.165, 1.54) is 29.5 Å². The highest BCUT2D eigenvalue weighted by Gasteiger charge is 2.43. The molecular formula is C26H33ClN2O2. The zero-order valence-electron chi connectivity index (χ0n) is 19.2. The molecule has 0 radical (unpaired) electrons. The van der Waals surface area contributed by atoms with Crippen LogP contribution >= 0.6 is 11.6 Å². The third-order valence-electron chi connectivity index (χ3n) is 7.46. The fraction of sp³-hybridized carbons (Fsp3) is 0.500. The van der Waals surface area contributed by atoms with Gasteiger partial charge in [0.1, 0.15) is 5.75 Å². The predicted molar refractivity (Wildman–Crippen MR) is 126 cm³/mol. The van der Waals surface area contributed by atoms with Crippen molar-refractivity contribution in [3.05, 3.63) is 63.2 Å². The third kappa shape index (κ3) is 4.20. The van der Waals surface area contributed by atoms with Crippen LogP contribution in [0.15, 0.2) is 30.3 Å². The quantitative estimate of drug-likeness (QED) is 0.642. The maximum Gasteiger partial charge on any atom is 0.251 e. The van der Waals surface area contributed by atoms with Crippen LogP contribution in [-0.4, -0.2) is 36.0 Å². The molecule has 2 heterocycles. The minimum absolute atomic E-state index is 0.0191. The molecular weight excluding hydrogens is 408 g/mol. The van der Waals surface area contributed by atoms with E-state index >= 15 is 0 Å². The Morgan fingerprint density at radius 3 is 2.39 bits per heavy atom. The zero-order chi connectivity index (χ0) is 22.3. The van der Waals surface area contributed by atoms with Gasteiger partial charge in [-0.2, -0.15) is 0 Å². The van der Waals surface area contributed by atoms with Crippen LogP contribution in [0.5, 0.6) is 5.75 Å². The molecule has 2 aliphatic heterocycles. The second kappa shape index (κ2) is 8.84. The van der Waals surface area contributed by atoms with Gasteiger partial charge < -0.3 is 10.1 Å². The van der Waals surface area contributed by atoms with Crippen molar-refractivity contribution in [1.29, 1.82) is 0 Å². The van der Waals surface area contributed by atoms with Gasteiger partial charge in [-0.3, -0.25) is 9.69 Å². The molecule has 3 unspecified atom stereocenters. The number of hydrogen-bond donors (Lipinski definition) is 1. The summed E-state index contributed by atoms with van der Waals surface area (Å²) >= 11 is 6.22. The largest absolute Gasteiger partial charge is 0.496 e. The van der Waals surface area contributed by atoms with Crippen molar-refractivity contribution < 1.29 is 9.53 Å². The lowest BCUT2D eigenvalue weighted by molar-refractivity contribution is 0.0689. The molecule has 2 bridgehead atoms. The summed E-state index contributed by atoms with van der Waals surface area (Å²) in [5.74, 6) is 0.934. The van der Waals surface area contributed by atoms with E-state index in [4.69, 9.17) is 16.3 Å². The van der Waals surface area contributed by atoms with Gasteiger partial charge in [-0.05, 0) is 93.8 Å². The Morgan fingerprint density at radius 1 is 1.10 bits per heavy atom. The Balaban J connectivity index is 1.46. The fourth-order valence-corrected chi connectivity index (χ4v) is 5.80. The SMILES string of the molecule is COc1ccc(C(C)N2C3CCC2CC(NC(=O)c2ccc(C)c(Cl)c2)C3)c(C)c1C. The minimum atomic E-state index is -0.0191. The number of ether oxygens (including phenoxy) is 1. The summed E-state index contributed by atoms with van der Waals surface area (Å²) < 4.78 is 5.50. The molecule has 166 valence electrons. The number of aryl methyl sites for hydroxylation is 1. The summed E-state index contributed by atoms with van der Waals surface area (Å²) in [4.78, 5) is 15.5. The number of piperidine rings is 1. The van der Waals surface area contributed by atoms with Crippen LogP contribution in [0.4, 0.5) is 0 Å². The number of nitrogens with one attached hydrogen (secondary N) is 1. The first-order chi connectivity index (χ1) is 14.8. The molecule has 2 aromatic rings. The van der Waals surface area contributed by atoms with Crippen LogP contribution in [0.3, 0.4) is 0 Å². The van der Waals surface area contributed by atoms with Crippen LogP contribution in [0.1, 0.15) is 71.3 Å². The van der Waals surface area contributed by atoms with Crippen molar-refractivity contribution in [2.75, 3.05) is 7.11 Å². The van der Waals surface area contributed by atoms with Crippen LogP contribution in [0, 0.1) is 20.8 Å². The summed E-state index contributed by atoms with van der Waals surface area (Å²) in [5.41, 5.74) is 5.55. The molecule has 0 aliphatic carbocycles. The molecule has 2 fully saturated rings. The van der Waals surface area contributed by atoms with Crippen molar-refractivity contribution >= 4 is 17.5 Å². The Hall–Kier alpha value is -2.04. The number of carbonyl (C=O) groups is 1. The first-order valence-electron chi connectivity index (χ1n) is 11.3. The Labute approximate surface area is 190 Å². The first kappa shape index (κ1) is 22.2. The third-order valence-corrected chi connectivity index (χ3v) is 7.86. The standard InChI is InChI=1S/C26H33ClN2O2/c1-15-6-7-19(12-24(15)27)26(30)28-20-13-21-8-9-22(14-20)29(21)18(4)23-10-11-25(31-5)17(3)16(23)2/h6-7,10-12,18,20-22H,8-9,13-14H2,1-5H3,(H,28,30). The van der Waals surface area contributed by atoms with Gasteiger partial charge in [-0.15, -0.1) is 0 Å². The van der Waals surface area contributed by atoms with Crippen LogP contribution < -0.4 is 10.1 Å². The fourth-order valence-electron chi connectivity index (χ4n) is 5.62. The highest BCUT2D eigenvalue weighted by Crippen LogP contribution is 2.43. The smallest absolute Gasteiger partial charge is 0.251 e. The molecule has 2 aliphatic rings. The summed E-state index contributed by atoms with van der Waals surface area (Å²) in [7, 11) is 1.73. The average molecular weight is 441 g/mol. The molecule has 1 N–H and O–H groups in total. The van der Waals surface area contributed by atoms with Gasteiger partial charge in [0.15, 0.2) is 0 Å². The normalized spacial score (nSPS) is 24.1. The number of rotatable bonds is 5. The lowest BCUT2D eigenvalue weighted by Crippen LogP contribution is -2.51. The molecule has 3 atom stereocenters. The van der Waals surface area contributed by atoms with Crippen molar-refractivity contribution in [2.24, 2.45) is 0 Å². The molecule has 5 heteroatoms. The summed E-state index contributed by atoms with van der Waals surface area (Å²) in [5, 5.41) is 3.92. The Morgan fingerprint density at radius 2 is 1.77 bits per heavy atom. The minimum Gasteiger partial charge on any atom is -0.496 e. The highest BCUT2D eigenvalue weighted by molar-refractivity contribution is 6.31. The summed E-state index contributed by atoms with van der Waals surface area (Å²) in [6.07, 6.45) is 4.40. The van der Waals surface area contributed by atoms with Gasteiger partial charge in [-0.1, -0.05) is 23.7 Å². The van der Waals surface area contributed by atoms with Gasteiger partial charge in [0, 0.05) is 34.8 Å². The number of benzene rings is 2. The van der Waals surface area contributed by atoms with Crippen molar-refractivity contribution in [3.8, 4) is 5.75 Å². The van der Waals surface area contributed by atoms with Crippen molar-refractivity contribution in [2.45, 2.75) is 77.5 Å². The number of carbonyl (C=O) groups excluding carboxylic acids is 1. The molecule has 2 saturated heterocycles. The second-order valence-corrected chi connectivity index (χ2v) is 9.63. The Kier molecular flexibility index (Phi) is 6.32. The van der Waals surface area contributed by atoms with E-state index < -0.39 is 0 Å². The number of hydrogen-bond acceptors (Lipinski definition) is 3. The molecule has 1 amide bonds. The number of fused-ring (bicyclic) bond motifs is 2. The molecule has 0 saturated carbocycles. The summed E-state index contributed by atoms with van der Waals surface area (Å²) in [6, 6.07) is 11.4. The van der Waals surface area contributed by atoms with Crippen LogP contribution in [0.25, 0.3) is 0 Å². The van der Waals surface area contributed by atoms with E-state index in [1.807, 2.05) is 19.1 Å². The van der Waals surface area contributed by atoms with Gasteiger partial charge >= 0.3 is 0 Å². The van der Waals surface area contributed by atoms with E-state index in [0.717, 1.165) is 24.2 Å². The second-order valence-electron chi connectivity index (χ2n) is 9.22. The maximum atomic E-state index is 12.8. The van der Waals surface area contributed by atoms with Gasteiger partial charge in [0.05, 0.1) is 7.11 Å². The van der Waals surface area contributed by atoms with E-state index in [-0.39, 0.29) is 11.9 Å². The molecule has 0 spiro atoms. The van der Waals surface area contributed by atoms with E-state index in [0.29, 0.717) is 28.7 Å². The van der Waals surface area contributed by atoms with Gasteiger partial charge in [0.25, 0.3) is 5.91 Å². The van der Waals surface area contributed by atoms with E-state index in [9.17, 15) is 4.79 Å². The molecule has 0 aromatic heterocycles. The monoisotopic (exact) mass is 440 g/mol. The first-order valence-corrected chi connectivity index (χ1v) is 11.7. The molecule has 4 nitrogen and oxygen atoms in total. The summed E-state index contributed by atoms with van der Waals surface area (Å²) in [6.45, 7) is 8.61. The lowest BCUT2D eigenvalue weighted by Gasteiger charge is -2.43. The Bertz CT molecular complexity index is 976. The highest BCUT2D eigenvalue weighted by atomic mass is 35.5. The van der Waals surface area contributed by atoms with Crippen molar-refractivity contribution in [1.82, 2.24) is 10.2 Å². The lowest BCUT2D eigenvalue weighted by atomic mass is 9.91.